The van der Waals surface area contributed by atoms with Gasteiger partial charge in [0.15, 0.2) is 0 Å². The maximum Gasteiger partial charge on any atom is 0.302 e. The molecule has 2 saturated heterocycles. The summed E-state index contributed by atoms with van der Waals surface area (Å²) >= 11 is 1.77. The maximum absolute atomic E-state index is 11.9. The normalized spacial score (nSPS) is 18.3. The molecular weight excluding hydrogens is 552 g/mol. The van der Waals surface area contributed by atoms with Gasteiger partial charge in [-0.25, -0.2) is 0 Å². The summed E-state index contributed by atoms with van der Waals surface area (Å²) in [6, 6.07) is 26.1. The van der Waals surface area contributed by atoms with Gasteiger partial charge in [0.05, 0.1) is 11.5 Å². The lowest BCUT2D eigenvalue weighted by Gasteiger charge is -2.46. The number of carbonyl (C=O) groups excluding carboxylic acids is 1. The van der Waals surface area contributed by atoms with E-state index in [2.05, 4.69) is 76.3 Å². The molecule has 7 heteroatoms. The Morgan fingerprint density at radius 1 is 1.09 bits per heavy atom. The zero-order valence-corrected chi connectivity index (χ0v) is 26.6. The van der Waals surface area contributed by atoms with Crippen LogP contribution in [0, 0.1) is 30.1 Å². The number of anilines is 1. The molecule has 2 fully saturated rings. The second kappa shape index (κ2) is 14.4. The van der Waals surface area contributed by atoms with E-state index in [1.165, 1.54) is 22.4 Å². The number of rotatable bonds is 12. The number of esters is 1. The summed E-state index contributed by atoms with van der Waals surface area (Å²) < 4.78 is 5.73. The number of carbonyl (C=O) groups is 1. The average molecular weight is 597 g/mol. The van der Waals surface area contributed by atoms with Gasteiger partial charge in [0, 0.05) is 66.3 Å². The van der Waals surface area contributed by atoms with Gasteiger partial charge in [-0.05, 0) is 87.2 Å². The quantitative estimate of drug-likeness (QED) is 0.204. The van der Waals surface area contributed by atoms with E-state index in [9.17, 15) is 10.1 Å². The highest BCUT2D eigenvalue weighted by Crippen LogP contribution is 2.43. The number of aryl methyl sites for hydroxylation is 1. The van der Waals surface area contributed by atoms with Gasteiger partial charge in [-0.2, -0.15) is 5.26 Å². The number of hydrogen-bond donors (Lipinski definition) is 0. The molecule has 0 N–H and O–H groups in total. The van der Waals surface area contributed by atoms with E-state index in [1.807, 2.05) is 31.3 Å². The van der Waals surface area contributed by atoms with Crippen molar-refractivity contribution >= 4 is 23.4 Å². The van der Waals surface area contributed by atoms with Gasteiger partial charge in [0.1, 0.15) is 6.10 Å². The van der Waals surface area contributed by atoms with Gasteiger partial charge in [-0.15, -0.1) is 0 Å². The predicted molar refractivity (Wildman–Crippen MR) is 173 cm³/mol. The van der Waals surface area contributed by atoms with Crippen molar-refractivity contribution in [3.8, 4) is 6.07 Å². The lowest BCUT2D eigenvalue weighted by molar-refractivity contribution is -0.147. The molecule has 2 aliphatic rings. The predicted octanol–water partition coefficient (Wildman–Crippen LogP) is 7.27. The Bertz CT molecular complexity index is 1380. The van der Waals surface area contributed by atoms with Crippen molar-refractivity contribution in [3.05, 3.63) is 84.2 Å². The monoisotopic (exact) mass is 596 g/mol. The molecular formula is C36H44N4O2S. The third kappa shape index (κ3) is 7.79. The Kier molecular flexibility index (Phi) is 10.4. The Morgan fingerprint density at radius 3 is 2.44 bits per heavy atom. The second-order valence-electron chi connectivity index (χ2n) is 12.2. The number of pyridine rings is 1. The van der Waals surface area contributed by atoms with Gasteiger partial charge in [-0.3, -0.25) is 9.78 Å². The van der Waals surface area contributed by atoms with E-state index < -0.39 is 5.41 Å². The van der Waals surface area contributed by atoms with Crippen LogP contribution in [0.2, 0.25) is 0 Å². The molecule has 226 valence electrons. The first kappa shape index (κ1) is 31.1. The summed E-state index contributed by atoms with van der Waals surface area (Å²) in [7, 11) is 0. The smallest absolute Gasteiger partial charge is 0.302 e. The molecule has 2 unspecified atom stereocenters. The molecule has 0 bridgehead atoms. The number of nitriles is 1. The minimum absolute atomic E-state index is 0.233. The largest absolute Gasteiger partial charge is 0.462 e. The summed E-state index contributed by atoms with van der Waals surface area (Å²) in [5.41, 5.74) is 2.73. The Balaban J connectivity index is 1.15. The molecule has 0 aliphatic carbocycles. The third-order valence-corrected chi connectivity index (χ3v) is 10.0. The van der Waals surface area contributed by atoms with E-state index in [4.69, 9.17) is 4.74 Å². The van der Waals surface area contributed by atoms with Crippen molar-refractivity contribution in [3.63, 3.8) is 0 Å². The van der Waals surface area contributed by atoms with Crippen LogP contribution in [-0.4, -0.2) is 54.7 Å². The van der Waals surface area contributed by atoms with Gasteiger partial charge in [0.25, 0.3) is 0 Å². The molecule has 2 atom stereocenters. The average Bonchev–Trinajstić information content (AvgIpc) is 2.99. The van der Waals surface area contributed by atoms with Crippen LogP contribution in [0.25, 0.3) is 0 Å². The van der Waals surface area contributed by atoms with E-state index in [-0.39, 0.29) is 18.0 Å². The third-order valence-electron chi connectivity index (χ3n) is 9.05. The number of likely N-dealkylation sites (tertiary alicyclic amines) is 1. The first-order chi connectivity index (χ1) is 20.9. The van der Waals surface area contributed by atoms with E-state index in [1.54, 1.807) is 11.8 Å². The van der Waals surface area contributed by atoms with Crippen molar-refractivity contribution in [2.24, 2.45) is 11.8 Å². The maximum atomic E-state index is 11.9. The van der Waals surface area contributed by atoms with Crippen LogP contribution in [0.4, 0.5) is 5.69 Å². The van der Waals surface area contributed by atoms with Crippen molar-refractivity contribution in [1.82, 2.24) is 9.88 Å². The molecule has 0 spiro atoms. The lowest BCUT2D eigenvalue weighted by atomic mass is 9.64. The van der Waals surface area contributed by atoms with Crippen molar-refractivity contribution in [2.45, 2.75) is 74.2 Å². The van der Waals surface area contributed by atoms with Crippen molar-refractivity contribution in [2.75, 3.05) is 37.6 Å². The molecule has 43 heavy (non-hydrogen) atoms. The van der Waals surface area contributed by atoms with Gasteiger partial charge >= 0.3 is 5.97 Å². The van der Waals surface area contributed by atoms with Crippen LogP contribution in [-0.2, 0) is 14.9 Å². The molecule has 6 nitrogen and oxygen atoms in total. The van der Waals surface area contributed by atoms with E-state index in [0.717, 1.165) is 69.7 Å². The Hall–Kier alpha value is -3.34. The standard InChI is InChI=1S/C36H44N4O2S/c1-4-8-33(42-28(3)41)22-36(26-37,30-9-6-5-7-10-30)31-16-19-39(20-17-31)23-29-24-40(25-29)32-11-13-34(14-12-32)43-35-15-18-38-27(2)21-35/h5-7,9-15,18,21,29,31,33H,4,8,16-17,19-20,22-25H2,1-3H3. The minimum atomic E-state index is -0.656. The van der Waals surface area contributed by atoms with E-state index >= 15 is 0 Å². The van der Waals surface area contributed by atoms with Crippen LogP contribution in [0.1, 0.15) is 57.2 Å². The topological polar surface area (TPSA) is 69.5 Å². The lowest BCUT2D eigenvalue weighted by Crippen LogP contribution is -2.53. The van der Waals surface area contributed by atoms with Crippen LogP contribution in [0.3, 0.4) is 0 Å². The van der Waals surface area contributed by atoms with Gasteiger partial charge in [-0.1, -0.05) is 55.4 Å². The fourth-order valence-electron chi connectivity index (χ4n) is 6.89. The molecule has 1 aromatic heterocycles. The molecule has 5 rings (SSSR count). The van der Waals surface area contributed by atoms with Crippen LogP contribution < -0.4 is 4.90 Å². The van der Waals surface area contributed by atoms with Gasteiger partial charge in [0.2, 0.25) is 0 Å². The summed E-state index contributed by atoms with van der Waals surface area (Å²) in [5.74, 6) is 0.632. The molecule has 0 amide bonds. The minimum Gasteiger partial charge on any atom is -0.462 e. The Morgan fingerprint density at radius 2 is 1.81 bits per heavy atom. The number of hydrogen-bond acceptors (Lipinski definition) is 7. The summed E-state index contributed by atoms with van der Waals surface area (Å²) in [6.07, 6.45) is 5.84. The van der Waals surface area contributed by atoms with Crippen LogP contribution in [0.15, 0.2) is 82.7 Å². The summed E-state index contributed by atoms with van der Waals surface area (Å²) in [5, 5.41) is 10.7. The van der Waals surface area contributed by atoms with Crippen molar-refractivity contribution < 1.29 is 9.53 Å². The molecule has 2 aliphatic heterocycles. The van der Waals surface area contributed by atoms with Gasteiger partial charge < -0.3 is 14.5 Å². The number of ether oxygens (including phenoxy) is 1. The number of nitrogens with zero attached hydrogens (tertiary/aromatic N) is 4. The zero-order chi connectivity index (χ0) is 30.2. The SMILES string of the molecule is CCCC(CC(C#N)(c1ccccc1)C1CCN(CC2CN(c3ccc(Sc4ccnc(C)c4)cc3)C2)CC1)OC(C)=O. The van der Waals surface area contributed by atoms with Crippen LogP contribution in [0.5, 0.6) is 0 Å². The zero-order valence-electron chi connectivity index (χ0n) is 25.7. The second-order valence-corrected chi connectivity index (χ2v) is 13.4. The molecule has 0 radical (unpaired) electrons. The highest BCUT2D eigenvalue weighted by molar-refractivity contribution is 7.99. The highest BCUT2D eigenvalue weighted by atomic mass is 32.2. The molecule has 2 aromatic carbocycles. The summed E-state index contributed by atoms with van der Waals surface area (Å²) in [4.78, 5) is 23.7. The van der Waals surface area contributed by atoms with Crippen molar-refractivity contribution in [1.29, 1.82) is 5.26 Å². The Labute approximate surface area is 261 Å². The fraction of sp³-hybridized carbons (Fsp3) is 0.472. The molecule has 3 heterocycles. The molecule has 0 saturated carbocycles. The highest BCUT2D eigenvalue weighted by Gasteiger charge is 2.44. The van der Waals surface area contributed by atoms with Crippen LogP contribution >= 0.6 is 11.8 Å². The first-order valence-electron chi connectivity index (χ1n) is 15.7. The number of benzene rings is 2. The number of piperidine rings is 1. The molecule has 3 aromatic rings. The fourth-order valence-corrected chi connectivity index (χ4v) is 7.79. The first-order valence-corrected chi connectivity index (χ1v) is 16.5. The number of aromatic nitrogens is 1. The summed E-state index contributed by atoms with van der Waals surface area (Å²) in [6.45, 7) is 10.9. The van der Waals surface area contributed by atoms with E-state index in [0.29, 0.717) is 12.3 Å².